The van der Waals surface area contributed by atoms with Crippen LogP contribution in [0.15, 0.2) is 12.1 Å². The third kappa shape index (κ3) is 2.21. The minimum atomic E-state index is -1.35. The molecule has 1 aromatic carbocycles. The molecule has 0 radical (unpaired) electrons. The van der Waals surface area contributed by atoms with Gasteiger partial charge in [-0.1, -0.05) is 11.6 Å². The number of rotatable bonds is 3. The number of methoxy groups -OCH3 is 1. The zero-order chi connectivity index (χ0) is 10.7. The molecule has 1 aromatic rings. The molecule has 1 N–H and O–H groups in total. The van der Waals surface area contributed by atoms with Crippen LogP contribution in [0.5, 0.6) is 0 Å². The summed E-state index contributed by atoms with van der Waals surface area (Å²) in [7, 11) is 1.46. The average molecular weight is 219 g/mol. The molecule has 3 nitrogen and oxygen atoms in total. The highest BCUT2D eigenvalue weighted by molar-refractivity contribution is 6.31. The minimum absolute atomic E-state index is 0.195. The normalized spacial score (nSPS) is 10.2. The summed E-state index contributed by atoms with van der Waals surface area (Å²) in [4.78, 5) is 10.6. The largest absolute Gasteiger partial charge is 0.478 e. The van der Waals surface area contributed by atoms with Crippen molar-refractivity contribution < 1.29 is 19.0 Å². The second-order valence-corrected chi connectivity index (χ2v) is 3.08. The average Bonchev–Trinajstić information content (AvgIpc) is 2.11. The van der Waals surface area contributed by atoms with Crippen LogP contribution in [-0.2, 0) is 11.3 Å². The van der Waals surface area contributed by atoms with Gasteiger partial charge in [0.05, 0.1) is 17.2 Å². The topological polar surface area (TPSA) is 46.5 Å². The van der Waals surface area contributed by atoms with Crippen LogP contribution in [0.3, 0.4) is 0 Å². The van der Waals surface area contributed by atoms with Gasteiger partial charge in [0.15, 0.2) is 5.82 Å². The number of hydrogen-bond acceptors (Lipinski definition) is 2. The predicted octanol–water partition coefficient (Wildman–Crippen LogP) is 2.32. The van der Waals surface area contributed by atoms with Crippen LogP contribution in [0.1, 0.15) is 15.9 Å². The van der Waals surface area contributed by atoms with E-state index in [1.54, 1.807) is 0 Å². The van der Waals surface area contributed by atoms with Crippen molar-refractivity contribution in [1.82, 2.24) is 0 Å². The third-order valence-electron chi connectivity index (χ3n) is 1.63. The van der Waals surface area contributed by atoms with E-state index in [-0.39, 0.29) is 11.6 Å². The van der Waals surface area contributed by atoms with Gasteiger partial charge in [0, 0.05) is 7.11 Å². The predicted molar refractivity (Wildman–Crippen MR) is 49.1 cm³/mol. The maximum absolute atomic E-state index is 13.1. The summed E-state index contributed by atoms with van der Waals surface area (Å²) < 4.78 is 17.9. The van der Waals surface area contributed by atoms with Crippen LogP contribution < -0.4 is 0 Å². The van der Waals surface area contributed by atoms with Crippen molar-refractivity contribution in [2.45, 2.75) is 6.61 Å². The fraction of sp³-hybridized carbons (Fsp3) is 0.222. The highest BCUT2D eigenvalue weighted by atomic mass is 35.5. The molecule has 0 fully saturated rings. The molecule has 5 heteroatoms. The van der Waals surface area contributed by atoms with Crippen LogP contribution in [0, 0.1) is 5.82 Å². The number of halogens is 2. The third-order valence-corrected chi connectivity index (χ3v) is 1.90. The molecule has 0 saturated carbocycles. The van der Waals surface area contributed by atoms with Gasteiger partial charge >= 0.3 is 5.97 Å². The molecule has 0 atom stereocenters. The fourth-order valence-electron chi connectivity index (χ4n) is 1.05. The number of carboxylic acid groups (broad SMARTS) is 1. The van der Waals surface area contributed by atoms with Crippen molar-refractivity contribution in [2.24, 2.45) is 0 Å². The Morgan fingerprint density at radius 2 is 2.29 bits per heavy atom. The summed E-state index contributed by atoms with van der Waals surface area (Å²) in [6, 6.07) is 2.54. The Kier molecular flexibility index (Phi) is 3.43. The lowest BCUT2D eigenvalue weighted by Gasteiger charge is -2.04. The van der Waals surface area contributed by atoms with Gasteiger partial charge in [0.25, 0.3) is 0 Å². The van der Waals surface area contributed by atoms with Crippen molar-refractivity contribution in [2.75, 3.05) is 7.11 Å². The smallest absolute Gasteiger partial charge is 0.338 e. The lowest BCUT2D eigenvalue weighted by Crippen LogP contribution is -2.03. The molecular weight excluding hydrogens is 211 g/mol. The highest BCUT2D eigenvalue weighted by Crippen LogP contribution is 2.21. The molecule has 0 saturated heterocycles. The molecule has 0 amide bonds. The van der Waals surface area contributed by atoms with Gasteiger partial charge in [-0.15, -0.1) is 0 Å². The van der Waals surface area contributed by atoms with E-state index in [0.717, 1.165) is 0 Å². The zero-order valence-electron chi connectivity index (χ0n) is 7.38. The Morgan fingerprint density at radius 3 is 2.79 bits per heavy atom. The van der Waals surface area contributed by atoms with Crippen LogP contribution >= 0.6 is 11.6 Å². The highest BCUT2D eigenvalue weighted by Gasteiger charge is 2.14. The van der Waals surface area contributed by atoms with Crippen molar-refractivity contribution in [1.29, 1.82) is 0 Å². The van der Waals surface area contributed by atoms with Gasteiger partial charge in [0.1, 0.15) is 0 Å². The van der Waals surface area contributed by atoms with E-state index >= 15 is 0 Å². The number of benzene rings is 1. The first-order valence-corrected chi connectivity index (χ1v) is 4.14. The van der Waals surface area contributed by atoms with E-state index in [9.17, 15) is 9.18 Å². The number of carboxylic acids is 1. The molecule has 0 heterocycles. The van der Waals surface area contributed by atoms with Crippen molar-refractivity contribution in [3.63, 3.8) is 0 Å². The van der Waals surface area contributed by atoms with Crippen molar-refractivity contribution in [3.8, 4) is 0 Å². The van der Waals surface area contributed by atoms with E-state index in [1.807, 2.05) is 0 Å². The number of ether oxygens (including phenoxy) is 1. The molecule has 0 aliphatic heterocycles. The molecule has 0 bridgehead atoms. The molecule has 0 aliphatic carbocycles. The first-order valence-electron chi connectivity index (χ1n) is 3.76. The summed E-state index contributed by atoms with van der Waals surface area (Å²) in [5.41, 5.74) is 0.0841. The van der Waals surface area contributed by atoms with Crippen LogP contribution in [0.25, 0.3) is 0 Å². The van der Waals surface area contributed by atoms with Crippen LogP contribution in [-0.4, -0.2) is 18.2 Å². The maximum atomic E-state index is 13.1. The van der Waals surface area contributed by atoms with Gasteiger partial charge in [-0.05, 0) is 17.7 Å². The lowest BCUT2D eigenvalue weighted by atomic mass is 10.1. The monoisotopic (exact) mass is 218 g/mol. The molecule has 0 aromatic heterocycles. The molecule has 0 spiro atoms. The summed E-state index contributed by atoms with van der Waals surface area (Å²) >= 11 is 5.50. The van der Waals surface area contributed by atoms with E-state index in [1.165, 1.54) is 19.2 Å². The molecule has 14 heavy (non-hydrogen) atoms. The van der Waals surface area contributed by atoms with Gasteiger partial charge in [-0.2, -0.15) is 0 Å². The molecular formula is C9H8ClFO3. The van der Waals surface area contributed by atoms with E-state index in [0.29, 0.717) is 5.56 Å². The lowest BCUT2D eigenvalue weighted by molar-refractivity contribution is 0.0691. The quantitative estimate of drug-likeness (QED) is 0.847. The molecule has 76 valence electrons. The van der Waals surface area contributed by atoms with Crippen LogP contribution in [0.2, 0.25) is 5.02 Å². The molecule has 0 unspecified atom stereocenters. The zero-order valence-corrected chi connectivity index (χ0v) is 8.14. The first kappa shape index (κ1) is 10.9. The Labute approximate surface area is 85.1 Å². The van der Waals surface area contributed by atoms with E-state index in [2.05, 4.69) is 0 Å². The van der Waals surface area contributed by atoms with E-state index < -0.39 is 17.3 Å². The second kappa shape index (κ2) is 4.39. The van der Waals surface area contributed by atoms with Crippen molar-refractivity contribution >= 4 is 17.6 Å². The summed E-state index contributed by atoms with van der Waals surface area (Å²) in [5, 5.41) is 8.43. The Hall–Kier alpha value is -1.13. The minimum Gasteiger partial charge on any atom is -0.478 e. The molecule has 0 aliphatic rings. The standard InChI is InChI=1S/C9H8ClFO3/c1-14-4-5-2-6(9(12)13)8(11)7(10)3-5/h2-3H,4H2,1H3,(H,12,13). The number of carbonyl (C=O) groups is 1. The Bertz CT molecular complexity index is 365. The fourth-order valence-corrected chi connectivity index (χ4v) is 1.29. The first-order chi connectivity index (χ1) is 6.56. The number of hydrogen-bond donors (Lipinski definition) is 1. The van der Waals surface area contributed by atoms with Gasteiger partial charge < -0.3 is 9.84 Å². The van der Waals surface area contributed by atoms with E-state index in [4.69, 9.17) is 21.4 Å². The maximum Gasteiger partial charge on any atom is 0.338 e. The van der Waals surface area contributed by atoms with Crippen molar-refractivity contribution in [3.05, 3.63) is 34.1 Å². The van der Waals surface area contributed by atoms with Gasteiger partial charge in [0.2, 0.25) is 0 Å². The van der Waals surface area contributed by atoms with Gasteiger partial charge in [-0.25, -0.2) is 9.18 Å². The summed E-state index contributed by atoms with van der Waals surface area (Å²) in [6.07, 6.45) is 0. The molecule has 1 rings (SSSR count). The summed E-state index contributed by atoms with van der Waals surface area (Å²) in [5.74, 6) is -2.26. The van der Waals surface area contributed by atoms with Gasteiger partial charge in [-0.3, -0.25) is 0 Å². The Balaban J connectivity index is 3.21. The summed E-state index contributed by atoms with van der Waals surface area (Å²) in [6.45, 7) is 0.195. The number of aromatic carboxylic acids is 1. The Morgan fingerprint density at radius 1 is 1.64 bits per heavy atom. The second-order valence-electron chi connectivity index (χ2n) is 2.68. The van der Waals surface area contributed by atoms with Crippen LogP contribution in [0.4, 0.5) is 4.39 Å². The SMILES string of the molecule is COCc1cc(Cl)c(F)c(C(=O)O)c1.